The number of amides is 1. The molecule has 1 unspecified atom stereocenters. The van der Waals surface area contributed by atoms with E-state index in [0.717, 1.165) is 18.4 Å². The van der Waals surface area contributed by atoms with Crippen LogP contribution >= 0.6 is 0 Å². The number of aryl methyl sites for hydroxylation is 1. The Hall–Kier alpha value is -2.20. The Morgan fingerprint density at radius 2 is 1.95 bits per heavy atom. The largest absolute Gasteiger partial charge is 0.354 e. The normalized spacial score (nSPS) is 12.1. The van der Waals surface area contributed by atoms with Crippen molar-refractivity contribution in [2.24, 2.45) is 0 Å². The molecule has 1 atom stereocenters. The monoisotopic (exact) mass is 297 g/mol. The van der Waals surface area contributed by atoms with Crippen molar-refractivity contribution in [3.8, 4) is 0 Å². The summed E-state index contributed by atoms with van der Waals surface area (Å²) in [7, 11) is 3.85. The van der Waals surface area contributed by atoms with E-state index in [1.165, 1.54) is 5.56 Å². The second-order valence-corrected chi connectivity index (χ2v) is 5.53. The Kier molecular flexibility index (Phi) is 6.10. The van der Waals surface area contributed by atoms with Crippen molar-refractivity contribution >= 4 is 5.91 Å². The van der Waals surface area contributed by atoms with Gasteiger partial charge in [-0.1, -0.05) is 36.4 Å². The van der Waals surface area contributed by atoms with Gasteiger partial charge in [0, 0.05) is 18.9 Å². The van der Waals surface area contributed by atoms with E-state index in [0.29, 0.717) is 6.54 Å². The van der Waals surface area contributed by atoms with Crippen LogP contribution in [0, 0.1) is 0 Å². The molecule has 2 aromatic rings. The molecule has 0 saturated heterocycles. The number of carbonyl (C=O) groups is 1. The molecule has 0 saturated carbocycles. The molecule has 1 heterocycles. The summed E-state index contributed by atoms with van der Waals surface area (Å²) >= 11 is 0. The van der Waals surface area contributed by atoms with Gasteiger partial charge in [-0.15, -0.1) is 0 Å². The van der Waals surface area contributed by atoms with Crippen LogP contribution in [0.2, 0.25) is 0 Å². The van der Waals surface area contributed by atoms with Crippen LogP contribution in [0.25, 0.3) is 0 Å². The Morgan fingerprint density at radius 1 is 1.18 bits per heavy atom. The number of hydrogen-bond acceptors (Lipinski definition) is 3. The van der Waals surface area contributed by atoms with Crippen LogP contribution < -0.4 is 5.32 Å². The zero-order valence-corrected chi connectivity index (χ0v) is 13.2. The quantitative estimate of drug-likeness (QED) is 0.798. The number of nitrogens with one attached hydrogen (secondary N) is 1. The van der Waals surface area contributed by atoms with Gasteiger partial charge in [0.15, 0.2) is 0 Å². The molecular weight excluding hydrogens is 274 g/mol. The summed E-state index contributed by atoms with van der Waals surface area (Å²) in [5, 5.41) is 3.03. The van der Waals surface area contributed by atoms with Crippen LogP contribution in [0.5, 0.6) is 0 Å². The summed E-state index contributed by atoms with van der Waals surface area (Å²) in [6.07, 6.45) is 5.47. The molecule has 0 aliphatic rings. The van der Waals surface area contributed by atoms with Gasteiger partial charge in [-0.25, -0.2) is 0 Å². The molecule has 0 spiro atoms. The Labute approximate surface area is 132 Å². The summed E-state index contributed by atoms with van der Waals surface area (Å²) in [6, 6.07) is 13.6. The second-order valence-electron chi connectivity index (χ2n) is 5.53. The fourth-order valence-electron chi connectivity index (χ4n) is 2.47. The Bertz CT molecular complexity index is 569. The first-order chi connectivity index (χ1) is 10.7. The molecule has 4 heteroatoms. The van der Waals surface area contributed by atoms with Crippen LogP contribution in [0.3, 0.4) is 0 Å². The minimum absolute atomic E-state index is 0.0439. The lowest BCUT2D eigenvalue weighted by Gasteiger charge is -2.23. The molecule has 0 bridgehead atoms. The highest BCUT2D eigenvalue weighted by molar-refractivity contribution is 5.83. The molecule has 2 rings (SSSR count). The number of likely N-dealkylation sites (N-methyl/N-ethyl adjacent to an activating group) is 1. The van der Waals surface area contributed by atoms with E-state index < -0.39 is 0 Å². The highest BCUT2D eigenvalue weighted by atomic mass is 16.2. The molecule has 116 valence electrons. The predicted molar refractivity (Wildman–Crippen MR) is 88.4 cm³/mol. The third-order valence-corrected chi connectivity index (χ3v) is 3.54. The van der Waals surface area contributed by atoms with Gasteiger partial charge in [-0.2, -0.15) is 0 Å². The molecule has 1 aromatic heterocycles. The number of benzene rings is 1. The number of aromatic nitrogens is 1. The summed E-state index contributed by atoms with van der Waals surface area (Å²) in [4.78, 5) is 18.5. The maximum Gasteiger partial charge on any atom is 0.241 e. The van der Waals surface area contributed by atoms with E-state index >= 15 is 0 Å². The topological polar surface area (TPSA) is 45.2 Å². The summed E-state index contributed by atoms with van der Waals surface area (Å²) in [6.45, 7) is 0.672. The molecule has 4 nitrogen and oxygen atoms in total. The number of hydrogen-bond donors (Lipinski definition) is 1. The average molecular weight is 297 g/mol. The van der Waals surface area contributed by atoms with E-state index in [9.17, 15) is 4.79 Å². The van der Waals surface area contributed by atoms with Gasteiger partial charge in [-0.3, -0.25) is 14.7 Å². The summed E-state index contributed by atoms with van der Waals surface area (Å²) < 4.78 is 0. The molecule has 1 N–H and O–H groups in total. The maximum absolute atomic E-state index is 12.4. The lowest BCUT2D eigenvalue weighted by atomic mass is 10.1. The number of rotatable bonds is 7. The third kappa shape index (κ3) is 4.67. The predicted octanol–water partition coefficient (Wildman–Crippen LogP) is 2.43. The van der Waals surface area contributed by atoms with Crippen LogP contribution in [-0.4, -0.2) is 36.4 Å². The van der Waals surface area contributed by atoms with E-state index in [-0.39, 0.29) is 11.9 Å². The first kappa shape index (κ1) is 16.2. The number of nitrogens with zero attached hydrogens (tertiary/aromatic N) is 2. The molecule has 0 aliphatic heterocycles. The lowest BCUT2D eigenvalue weighted by molar-refractivity contribution is -0.125. The van der Waals surface area contributed by atoms with Crippen LogP contribution in [0.4, 0.5) is 0 Å². The van der Waals surface area contributed by atoms with Crippen LogP contribution in [0.1, 0.15) is 23.6 Å². The molecular formula is C18H23N3O. The maximum atomic E-state index is 12.4. The van der Waals surface area contributed by atoms with Crippen LogP contribution in [-0.2, 0) is 11.2 Å². The molecule has 1 amide bonds. The smallest absolute Gasteiger partial charge is 0.241 e. The molecule has 1 aromatic carbocycles. The lowest BCUT2D eigenvalue weighted by Crippen LogP contribution is -2.37. The van der Waals surface area contributed by atoms with Crippen molar-refractivity contribution in [2.45, 2.75) is 18.9 Å². The van der Waals surface area contributed by atoms with Crippen molar-refractivity contribution < 1.29 is 4.79 Å². The van der Waals surface area contributed by atoms with Gasteiger partial charge in [-0.05, 0) is 44.1 Å². The summed E-state index contributed by atoms with van der Waals surface area (Å²) in [5.74, 6) is 0.0439. The van der Waals surface area contributed by atoms with Crippen LogP contribution in [0.15, 0.2) is 54.9 Å². The van der Waals surface area contributed by atoms with Gasteiger partial charge in [0.2, 0.25) is 5.91 Å². The van der Waals surface area contributed by atoms with Crippen molar-refractivity contribution in [1.29, 1.82) is 0 Å². The minimum atomic E-state index is -0.250. The van der Waals surface area contributed by atoms with E-state index in [2.05, 4.69) is 16.4 Å². The minimum Gasteiger partial charge on any atom is -0.354 e. The van der Waals surface area contributed by atoms with Gasteiger partial charge in [0.05, 0.1) is 0 Å². The fraction of sp³-hybridized carbons (Fsp3) is 0.333. The Morgan fingerprint density at radius 3 is 2.59 bits per heavy atom. The summed E-state index contributed by atoms with van der Waals surface area (Å²) in [5.41, 5.74) is 2.21. The number of pyridine rings is 1. The molecule has 0 fully saturated rings. The van der Waals surface area contributed by atoms with E-state index in [1.54, 1.807) is 6.20 Å². The van der Waals surface area contributed by atoms with Gasteiger partial charge < -0.3 is 5.32 Å². The standard InChI is InChI=1S/C18H23N3O/c1-21(2)17(16-10-4-3-5-11-16)18(22)20-13-7-9-15-8-6-12-19-14-15/h3-6,8,10-12,14,17H,7,9,13H2,1-2H3,(H,20,22). The highest BCUT2D eigenvalue weighted by Gasteiger charge is 2.21. The van der Waals surface area contributed by atoms with Gasteiger partial charge in [0.1, 0.15) is 6.04 Å². The van der Waals surface area contributed by atoms with Crippen molar-refractivity contribution in [1.82, 2.24) is 15.2 Å². The van der Waals surface area contributed by atoms with Crippen molar-refractivity contribution in [2.75, 3.05) is 20.6 Å². The zero-order valence-electron chi connectivity index (χ0n) is 13.2. The first-order valence-electron chi connectivity index (χ1n) is 7.56. The molecule has 0 aliphatic carbocycles. The zero-order chi connectivity index (χ0) is 15.8. The van der Waals surface area contributed by atoms with Gasteiger partial charge in [0.25, 0.3) is 0 Å². The number of carbonyl (C=O) groups excluding carboxylic acids is 1. The van der Waals surface area contributed by atoms with Crippen molar-refractivity contribution in [3.05, 3.63) is 66.0 Å². The second kappa shape index (κ2) is 8.29. The average Bonchev–Trinajstić information content (AvgIpc) is 2.53. The van der Waals surface area contributed by atoms with Gasteiger partial charge >= 0.3 is 0 Å². The third-order valence-electron chi connectivity index (χ3n) is 3.54. The molecule has 0 radical (unpaired) electrons. The van der Waals surface area contributed by atoms with E-state index in [4.69, 9.17) is 0 Å². The van der Waals surface area contributed by atoms with E-state index in [1.807, 2.05) is 61.6 Å². The van der Waals surface area contributed by atoms with Crippen molar-refractivity contribution in [3.63, 3.8) is 0 Å². The highest BCUT2D eigenvalue weighted by Crippen LogP contribution is 2.17. The molecule has 22 heavy (non-hydrogen) atoms. The first-order valence-corrected chi connectivity index (χ1v) is 7.56. The Balaban J connectivity index is 1.84. The fourth-order valence-corrected chi connectivity index (χ4v) is 2.47. The SMILES string of the molecule is CN(C)C(C(=O)NCCCc1cccnc1)c1ccccc1.